The van der Waals surface area contributed by atoms with Gasteiger partial charge in [-0.3, -0.25) is 4.79 Å². The van der Waals surface area contributed by atoms with Crippen LogP contribution in [0.3, 0.4) is 0 Å². The molecule has 0 saturated heterocycles. The van der Waals surface area contributed by atoms with Crippen LogP contribution in [0.1, 0.15) is 16.1 Å². The highest BCUT2D eigenvalue weighted by Crippen LogP contribution is 2.37. The summed E-state index contributed by atoms with van der Waals surface area (Å²) in [7, 11) is 1.15. The monoisotopic (exact) mass is 302 g/mol. The number of anilines is 1. The van der Waals surface area contributed by atoms with Crippen LogP contribution in [0.4, 0.5) is 18.9 Å². The molecule has 1 aromatic carbocycles. The van der Waals surface area contributed by atoms with Gasteiger partial charge in [0.15, 0.2) is 0 Å². The molecule has 20 heavy (non-hydrogen) atoms. The van der Waals surface area contributed by atoms with Gasteiger partial charge >= 0.3 is 6.18 Å². The van der Waals surface area contributed by atoms with Gasteiger partial charge in [-0.1, -0.05) is 0 Å². The Morgan fingerprint density at radius 1 is 1.40 bits per heavy atom. The van der Waals surface area contributed by atoms with Crippen molar-refractivity contribution in [2.45, 2.75) is 6.18 Å². The quantitative estimate of drug-likeness (QED) is 0.945. The average molecular weight is 302 g/mol. The Bertz CT molecular complexity index is 612. The maximum atomic E-state index is 12.8. The Labute approximate surface area is 116 Å². The molecule has 0 unspecified atom stereocenters. The van der Waals surface area contributed by atoms with Gasteiger partial charge in [0.2, 0.25) is 0 Å². The first-order valence-corrected chi connectivity index (χ1v) is 6.31. The number of halogens is 3. The number of benzene rings is 1. The van der Waals surface area contributed by atoms with Crippen LogP contribution in [0.5, 0.6) is 5.75 Å². The smallest absolute Gasteiger partial charge is 0.420 e. The minimum atomic E-state index is -4.56. The van der Waals surface area contributed by atoms with Crippen molar-refractivity contribution in [3.8, 4) is 5.75 Å². The third-order valence-electron chi connectivity index (χ3n) is 2.43. The van der Waals surface area contributed by atoms with Crippen LogP contribution in [-0.4, -0.2) is 18.0 Å². The number of amides is 1. The van der Waals surface area contributed by atoms with Crippen molar-refractivity contribution in [1.29, 1.82) is 0 Å². The van der Waals surface area contributed by atoms with Crippen molar-refractivity contribution in [3.63, 3.8) is 0 Å². The van der Waals surface area contributed by atoms with E-state index >= 15 is 0 Å². The third kappa shape index (κ3) is 3.08. The Morgan fingerprint density at radius 3 is 2.70 bits per heavy atom. The maximum absolute atomic E-state index is 12.8. The maximum Gasteiger partial charge on any atom is 0.420 e. The molecule has 1 N–H and O–H groups in total. The highest BCUT2D eigenvalue weighted by Gasteiger charge is 2.34. The number of alkyl halides is 3. The lowest BCUT2D eigenvalue weighted by molar-refractivity contribution is -0.138. The van der Waals surface area contributed by atoms with Gasteiger partial charge in [-0.05, 0) is 18.2 Å². The predicted octanol–water partition coefficient (Wildman–Crippen LogP) is 3.42. The number of nitrogens with one attached hydrogen (secondary N) is 1. The molecule has 1 aromatic heterocycles. The summed E-state index contributed by atoms with van der Waals surface area (Å²) in [6, 6.07) is 3.31. The molecule has 1 heterocycles. The number of methoxy groups -OCH3 is 1. The minimum absolute atomic E-state index is 0.0242. The lowest BCUT2D eigenvalue weighted by Crippen LogP contribution is -2.14. The first kappa shape index (κ1) is 14.3. The van der Waals surface area contributed by atoms with E-state index in [1.807, 2.05) is 0 Å². The molecule has 0 aliphatic rings. The number of thiazole rings is 1. The highest BCUT2D eigenvalue weighted by atomic mass is 32.1. The van der Waals surface area contributed by atoms with Gasteiger partial charge in [-0.25, -0.2) is 4.98 Å². The minimum Gasteiger partial charge on any atom is -0.496 e. The number of ether oxygens (including phenoxy) is 1. The normalized spacial score (nSPS) is 11.2. The van der Waals surface area contributed by atoms with Gasteiger partial charge in [-0.2, -0.15) is 13.2 Å². The lowest BCUT2D eigenvalue weighted by Gasteiger charge is -2.13. The molecule has 4 nitrogen and oxygen atoms in total. The molecular weight excluding hydrogens is 293 g/mol. The fraction of sp³-hybridized carbons (Fsp3) is 0.167. The Hall–Kier alpha value is -2.09. The largest absolute Gasteiger partial charge is 0.496 e. The number of aromatic nitrogens is 1. The lowest BCUT2D eigenvalue weighted by atomic mass is 10.1. The zero-order valence-corrected chi connectivity index (χ0v) is 11.0. The SMILES string of the molecule is COc1ccc(NC(=O)c2cscn2)cc1C(F)(F)F. The van der Waals surface area contributed by atoms with E-state index in [1.54, 1.807) is 0 Å². The number of hydrogen-bond donors (Lipinski definition) is 1. The summed E-state index contributed by atoms with van der Waals surface area (Å²) >= 11 is 1.22. The summed E-state index contributed by atoms with van der Waals surface area (Å²) in [6.07, 6.45) is -4.56. The predicted molar refractivity (Wildman–Crippen MR) is 68.1 cm³/mol. The molecule has 106 valence electrons. The summed E-state index contributed by atoms with van der Waals surface area (Å²) in [5, 5.41) is 3.86. The van der Waals surface area contributed by atoms with Crippen LogP contribution in [-0.2, 0) is 6.18 Å². The van der Waals surface area contributed by atoms with Crippen molar-refractivity contribution < 1.29 is 22.7 Å². The van der Waals surface area contributed by atoms with Gasteiger partial charge < -0.3 is 10.1 Å². The van der Waals surface area contributed by atoms with Crippen molar-refractivity contribution in [3.05, 3.63) is 40.3 Å². The van der Waals surface area contributed by atoms with Crippen molar-refractivity contribution in [2.75, 3.05) is 12.4 Å². The molecule has 2 rings (SSSR count). The van der Waals surface area contributed by atoms with Crippen LogP contribution >= 0.6 is 11.3 Å². The molecule has 0 saturated carbocycles. The molecule has 0 spiro atoms. The second-order valence-electron chi connectivity index (χ2n) is 3.74. The molecule has 0 bridgehead atoms. The second kappa shape index (κ2) is 5.49. The van der Waals surface area contributed by atoms with Crippen LogP contribution in [0.15, 0.2) is 29.1 Å². The molecule has 2 aromatic rings. The first-order valence-electron chi connectivity index (χ1n) is 5.36. The number of rotatable bonds is 3. The Kier molecular flexibility index (Phi) is 3.93. The first-order chi connectivity index (χ1) is 9.41. The molecular formula is C12H9F3N2O2S. The van der Waals surface area contributed by atoms with E-state index in [-0.39, 0.29) is 17.1 Å². The van der Waals surface area contributed by atoms with E-state index < -0.39 is 17.6 Å². The van der Waals surface area contributed by atoms with Crippen molar-refractivity contribution in [2.24, 2.45) is 0 Å². The summed E-state index contributed by atoms with van der Waals surface area (Å²) in [5.74, 6) is -0.867. The Morgan fingerprint density at radius 2 is 2.15 bits per heavy atom. The van der Waals surface area contributed by atoms with Crippen LogP contribution in [0.2, 0.25) is 0 Å². The standard InChI is InChI=1S/C12H9F3N2O2S/c1-19-10-3-2-7(4-8(10)12(13,14)15)17-11(18)9-5-20-6-16-9/h2-6H,1H3,(H,17,18). The van der Waals surface area contributed by atoms with Gasteiger partial charge in [0, 0.05) is 11.1 Å². The van der Waals surface area contributed by atoms with Crippen molar-refractivity contribution >= 4 is 22.9 Å². The number of nitrogens with zero attached hydrogens (tertiary/aromatic N) is 1. The average Bonchev–Trinajstić information content (AvgIpc) is 2.91. The van der Waals surface area contributed by atoms with E-state index in [9.17, 15) is 18.0 Å². The van der Waals surface area contributed by atoms with E-state index in [0.29, 0.717) is 0 Å². The third-order valence-corrected chi connectivity index (χ3v) is 3.01. The molecule has 0 aliphatic carbocycles. The summed E-state index contributed by atoms with van der Waals surface area (Å²) in [4.78, 5) is 15.5. The van der Waals surface area contributed by atoms with E-state index in [0.717, 1.165) is 19.2 Å². The van der Waals surface area contributed by atoms with E-state index in [2.05, 4.69) is 15.0 Å². The zero-order valence-electron chi connectivity index (χ0n) is 10.2. The van der Waals surface area contributed by atoms with Crippen molar-refractivity contribution in [1.82, 2.24) is 4.98 Å². The second-order valence-corrected chi connectivity index (χ2v) is 4.46. The van der Waals surface area contributed by atoms with E-state index in [4.69, 9.17) is 0 Å². The zero-order chi connectivity index (χ0) is 14.8. The summed E-state index contributed by atoms with van der Waals surface area (Å²) in [5.41, 5.74) is 0.691. The highest BCUT2D eigenvalue weighted by molar-refractivity contribution is 7.07. The van der Waals surface area contributed by atoms with Gasteiger partial charge in [0.1, 0.15) is 11.4 Å². The topological polar surface area (TPSA) is 51.2 Å². The van der Waals surface area contributed by atoms with E-state index in [1.165, 1.54) is 28.3 Å². The van der Waals surface area contributed by atoms with Crippen LogP contribution in [0, 0.1) is 0 Å². The number of carbonyl (C=O) groups is 1. The summed E-state index contributed by atoms with van der Waals surface area (Å²) in [6.45, 7) is 0. The fourth-order valence-corrected chi connectivity index (χ4v) is 2.06. The fourth-order valence-electron chi connectivity index (χ4n) is 1.53. The molecule has 0 radical (unpaired) electrons. The molecule has 0 aliphatic heterocycles. The van der Waals surface area contributed by atoms with Crippen LogP contribution < -0.4 is 10.1 Å². The molecule has 0 fully saturated rings. The molecule has 8 heteroatoms. The Balaban J connectivity index is 2.28. The van der Waals surface area contributed by atoms with Gasteiger partial charge in [0.05, 0.1) is 18.2 Å². The molecule has 0 atom stereocenters. The number of hydrogen-bond acceptors (Lipinski definition) is 4. The number of carbonyl (C=O) groups excluding carboxylic acids is 1. The molecule has 1 amide bonds. The van der Waals surface area contributed by atoms with Gasteiger partial charge in [-0.15, -0.1) is 11.3 Å². The summed E-state index contributed by atoms with van der Waals surface area (Å²) < 4.78 is 43.1. The van der Waals surface area contributed by atoms with Crippen LogP contribution in [0.25, 0.3) is 0 Å². The van der Waals surface area contributed by atoms with Gasteiger partial charge in [0.25, 0.3) is 5.91 Å².